The third kappa shape index (κ3) is 3.13. The van der Waals surface area contributed by atoms with Gasteiger partial charge in [-0.25, -0.2) is 0 Å². The summed E-state index contributed by atoms with van der Waals surface area (Å²) in [6.07, 6.45) is 0.851. The minimum Gasteiger partial charge on any atom is -0.486 e. The van der Waals surface area contributed by atoms with Crippen LogP contribution in [-0.2, 0) is 4.74 Å². The topological polar surface area (TPSA) is 65.7 Å². The summed E-state index contributed by atoms with van der Waals surface area (Å²) in [4.78, 5) is 0. The molecule has 100 valence electrons. The van der Waals surface area contributed by atoms with Gasteiger partial charge in [0.25, 0.3) is 0 Å². The minimum atomic E-state index is -0.137. The number of ether oxygens (including phenoxy) is 3. The zero-order valence-corrected chi connectivity index (χ0v) is 10.6. The van der Waals surface area contributed by atoms with E-state index in [9.17, 15) is 0 Å². The van der Waals surface area contributed by atoms with Crippen LogP contribution < -0.4 is 20.7 Å². The zero-order chi connectivity index (χ0) is 12.8. The van der Waals surface area contributed by atoms with Gasteiger partial charge in [-0.2, -0.15) is 0 Å². The summed E-state index contributed by atoms with van der Waals surface area (Å²) in [7, 11) is 0. The quantitative estimate of drug-likeness (QED) is 0.450. The van der Waals surface area contributed by atoms with Gasteiger partial charge in [-0.3, -0.25) is 11.3 Å². The van der Waals surface area contributed by atoms with E-state index in [0.717, 1.165) is 24.5 Å². The molecular weight excluding hydrogens is 232 g/mol. The second kappa shape index (κ2) is 6.58. The first-order valence-electron chi connectivity index (χ1n) is 6.27. The molecule has 0 fully saturated rings. The summed E-state index contributed by atoms with van der Waals surface area (Å²) < 4.78 is 17.0. The van der Waals surface area contributed by atoms with Crippen LogP contribution >= 0.6 is 0 Å². The minimum absolute atomic E-state index is 0.0788. The van der Waals surface area contributed by atoms with Gasteiger partial charge in [-0.15, -0.1) is 0 Å². The third-order valence-electron chi connectivity index (χ3n) is 2.84. The molecule has 1 aromatic carbocycles. The van der Waals surface area contributed by atoms with Crippen molar-refractivity contribution in [1.82, 2.24) is 5.43 Å². The number of hydrazine groups is 1. The molecule has 1 aliphatic heterocycles. The Morgan fingerprint density at radius 2 is 2.22 bits per heavy atom. The molecule has 3 N–H and O–H groups in total. The molecule has 0 saturated carbocycles. The second-order valence-electron chi connectivity index (χ2n) is 4.26. The molecule has 2 atom stereocenters. The van der Waals surface area contributed by atoms with Gasteiger partial charge in [-0.1, -0.05) is 19.1 Å². The molecular formula is C13H20N2O3. The Morgan fingerprint density at radius 1 is 1.44 bits per heavy atom. The summed E-state index contributed by atoms with van der Waals surface area (Å²) in [5.74, 6) is 7.07. The summed E-state index contributed by atoms with van der Waals surface area (Å²) in [6.45, 7) is 3.78. The van der Waals surface area contributed by atoms with Crippen molar-refractivity contribution in [1.29, 1.82) is 0 Å². The van der Waals surface area contributed by atoms with E-state index in [1.807, 2.05) is 24.3 Å². The van der Waals surface area contributed by atoms with Crippen LogP contribution in [0.5, 0.6) is 11.5 Å². The molecule has 2 unspecified atom stereocenters. The van der Waals surface area contributed by atoms with Crippen LogP contribution in [0.4, 0.5) is 0 Å². The number of fused-ring (bicyclic) bond motifs is 1. The van der Waals surface area contributed by atoms with Crippen LogP contribution in [-0.4, -0.2) is 32.0 Å². The largest absolute Gasteiger partial charge is 0.486 e. The summed E-state index contributed by atoms with van der Waals surface area (Å²) in [6, 6.07) is 7.55. The maximum Gasteiger partial charge on any atom is 0.161 e. The maximum absolute atomic E-state index is 5.87. The maximum atomic E-state index is 5.87. The molecule has 0 radical (unpaired) electrons. The molecule has 1 heterocycles. The van der Waals surface area contributed by atoms with Gasteiger partial charge in [0.1, 0.15) is 6.61 Å². The lowest BCUT2D eigenvalue weighted by molar-refractivity contribution is 0.0205. The van der Waals surface area contributed by atoms with Crippen molar-refractivity contribution in [3.05, 3.63) is 24.3 Å². The van der Waals surface area contributed by atoms with Crippen LogP contribution in [0.1, 0.15) is 13.3 Å². The Hall–Kier alpha value is -1.30. The number of nitrogens with two attached hydrogens (primary N) is 1. The van der Waals surface area contributed by atoms with Crippen molar-refractivity contribution >= 4 is 0 Å². The molecule has 0 bridgehead atoms. The number of hydrogen-bond acceptors (Lipinski definition) is 5. The van der Waals surface area contributed by atoms with Crippen molar-refractivity contribution in [3.8, 4) is 11.5 Å². The molecule has 5 heteroatoms. The van der Waals surface area contributed by atoms with Gasteiger partial charge in [0.05, 0.1) is 12.6 Å². The van der Waals surface area contributed by atoms with Gasteiger partial charge < -0.3 is 14.2 Å². The van der Waals surface area contributed by atoms with Crippen LogP contribution in [0.2, 0.25) is 0 Å². The van der Waals surface area contributed by atoms with E-state index in [0.29, 0.717) is 13.2 Å². The smallest absolute Gasteiger partial charge is 0.161 e. The number of rotatable bonds is 6. The lowest BCUT2D eigenvalue weighted by atomic mass is 10.1. The monoisotopic (exact) mass is 252 g/mol. The van der Waals surface area contributed by atoms with Crippen LogP contribution in [0.15, 0.2) is 24.3 Å². The molecule has 0 aliphatic carbocycles. The highest BCUT2D eigenvalue weighted by Crippen LogP contribution is 2.31. The van der Waals surface area contributed by atoms with Gasteiger partial charge in [0.2, 0.25) is 0 Å². The molecule has 2 rings (SSSR count). The first kappa shape index (κ1) is 13.1. The fourth-order valence-electron chi connectivity index (χ4n) is 1.85. The van der Waals surface area contributed by atoms with E-state index in [-0.39, 0.29) is 12.1 Å². The lowest BCUT2D eigenvalue weighted by Crippen LogP contribution is -2.52. The van der Waals surface area contributed by atoms with E-state index in [2.05, 4.69) is 12.3 Å². The summed E-state index contributed by atoms with van der Waals surface area (Å²) in [5.41, 5.74) is 2.73. The van der Waals surface area contributed by atoms with Gasteiger partial charge in [0, 0.05) is 6.61 Å². The number of hydrogen-bond donors (Lipinski definition) is 2. The van der Waals surface area contributed by atoms with Gasteiger partial charge in [0.15, 0.2) is 17.6 Å². The predicted molar refractivity (Wildman–Crippen MR) is 68.6 cm³/mol. The fourth-order valence-corrected chi connectivity index (χ4v) is 1.85. The highest BCUT2D eigenvalue weighted by atomic mass is 16.6. The Kier molecular flexibility index (Phi) is 4.81. The molecule has 18 heavy (non-hydrogen) atoms. The van der Waals surface area contributed by atoms with Gasteiger partial charge in [-0.05, 0) is 18.6 Å². The average molecular weight is 252 g/mol. The van der Waals surface area contributed by atoms with Crippen LogP contribution in [0.25, 0.3) is 0 Å². The van der Waals surface area contributed by atoms with E-state index in [1.165, 1.54) is 0 Å². The SMILES string of the molecule is CCCOCC(NN)C1COc2ccccc2O1. The number of benzene rings is 1. The molecule has 0 saturated heterocycles. The Labute approximate surface area is 107 Å². The highest BCUT2D eigenvalue weighted by Gasteiger charge is 2.28. The molecule has 0 spiro atoms. The zero-order valence-electron chi connectivity index (χ0n) is 10.6. The third-order valence-corrected chi connectivity index (χ3v) is 2.84. The first-order chi connectivity index (χ1) is 8.85. The standard InChI is InChI=1S/C13H20N2O3/c1-2-7-16-8-10(15-14)13-9-17-11-5-3-4-6-12(11)18-13/h3-6,10,13,15H,2,7-9,14H2,1H3. The molecule has 0 amide bonds. The Bertz CT molecular complexity index is 373. The van der Waals surface area contributed by atoms with Crippen molar-refractivity contribution in [2.24, 2.45) is 5.84 Å². The van der Waals surface area contributed by atoms with Crippen molar-refractivity contribution in [2.45, 2.75) is 25.5 Å². The molecule has 1 aromatic rings. The average Bonchev–Trinajstić information content (AvgIpc) is 2.43. The summed E-state index contributed by atoms with van der Waals surface area (Å²) in [5, 5.41) is 0. The van der Waals surface area contributed by atoms with E-state index >= 15 is 0 Å². The predicted octanol–water partition coefficient (Wildman–Crippen LogP) is 1.08. The van der Waals surface area contributed by atoms with E-state index in [1.54, 1.807) is 0 Å². The van der Waals surface area contributed by atoms with Crippen LogP contribution in [0, 0.1) is 0 Å². The van der Waals surface area contributed by atoms with E-state index < -0.39 is 0 Å². The number of para-hydroxylation sites is 2. The molecule has 1 aliphatic rings. The molecule has 5 nitrogen and oxygen atoms in total. The fraction of sp³-hybridized carbons (Fsp3) is 0.538. The Morgan fingerprint density at radius 3 is 2.94 bits per heavy atom. The van der Waals surface area contributed by atoms with Crippen molar-refractivity contribution in [2.75, 3.05) is 19.8 Å². The summed E-state index contributed by atoms with van der Waals surface area (Å²) >= 11 is 0. The number of nitrogens with one attached hydrogen (secondary N) is 1. The van der Waals surface area contributed by atoms with Crippen LogP contribution in [0.3, 0.4) is 0 Å². The van der Waals surface area contributed by atoms with Gasteiger partial charge >= 0.3 is 0 Å². The highest BCUT2D eigenvalue weighted by molar-refractivity contribution is 5.40. The van der Waals surface area contributed by atoms with E-state index in [4.69, 9.17) is 20.1 Å². The Balaban J connectivity index is 1.93. The lowest BCUT2D eigenvalue weighted by Gasteiger charge is -2.31. The first-order valence-corrected chi connectivity index (χ1v) is 6.27. The normalized spacial score (nSPS) is 19.6. The molecule has 0 aromatic heterocycles. The second-order valence-corrected chi connectivity index (χ2v) is 4.26. The van der Waals surface area contributed by atoms with Crippen molar-refractivity contribution < 1.29 is 14.2 Å². The van der Waals surface area contributed by atoms with Crippen molar-refractivity contribution in [3.63, 3.8) is 0 Å².